The van der Waals surface area contributed by atoms with Crippen LogP contribution in [0.15, 0.2) is 30.7 Å². The highest BCUT2D eigenvalue weighted by Crippen LogP contribution is 2.45. The maximum absolute atomic E-state index is 14.3. The molecule has 2 atom stereocenters. The van der Waals surface area contributed by atoms with Crippen LogP contribution in [0.3, 0.4) is 0 Å². The number of benzene rings is 1. The fraction of sp³-hybridized carbons (Fsp3) is 0.645. The Kier molecular flexibility index (Phi) is 9.24. The molecule has 0 aliphatic carbocycles. The highest BCUT2D eigenvalue weighted by atomic mass is 32.2. The van der Waals surface area contributed by atoms with Crippen molar-refractivity contribution >= 4 is 21.9 Å². The van der Waals surface area contributed by atoms with E-state index in [1.165, 1.54) is 18.6 Å². The Labute approximate surface area is 281 Å². The van der Waals surface area contributed by atoms with E-state index in [0.717, 1.165) is 43.0 Å². The molecule has 3 saturated heterocycles. The third kappa shape index (κ3) is 8.90. The fourth-order valence-corrected chi connectivity index (χ4v) is 7.23. The molecule has 260 valence electrons. The van der Waals surface area contributed by atoms with Gasteiger partial charge in [-0.3, -0.25) is 4.79 Å². The van der Waals surface area contributed by atoms with Crippen molar-refractivity contribution in [3.63, 3.8) is 0 Å². The first-order valence-corrected chi connectivity index (χ1v) is 17.0. The Morgan fingerprint density at radius 3 is 2.68 bits per heavy atom. The van der Waals surface area contributed by atoms with Gasteiger partial charge in [-0.05, 0) is 70.8 Å². The zero-order valence-electron chi connectivity index (χ0n) is 31.3. The summed E-state index contributed by atoms with van der Waals surface area (Å²) in [7, 11) is -4.43. The van der Waals surface area contributed by atoms with Crippen LogP contribution in [0.2, 0.25) is 0 Å². The van der Waals surface area contributed by atoms with Crippen LogP contribution in [0.1, 0.15) is 63.6 Å². The van der Waals surface area contributed by atoms with E-state index in [4.69, 9.17) is 16.3 Å². The van der Waals surface area contributed by atoms with Crippen LogP contribution < -0.4 is 19.1 Å². The number of alkyl halides is 2. The molecule has 16 heteroatoms. The minimum Gasteiger partial charge on any atom is -0.451 e. The van der Waals surface area contributed by atoms with Gasteiger partial charge >= 0.3 is 0 Å². The van der Waals surface area contributed by atoms with Crippen molar-refractivity contribution in [3.8, 4) is 11.5 Å². The molecular formula is C31H44F3N7O5S. The van der Waals surface area contributed by atoms with E-state index in [-0.39, 0.29) is 35.2 Å². The van der Waals surface area contributed by atoms with Gasteiger partial charge in [0.2, 0.25) is 0 Å². The van der Waals surface area contributed by atoms with Crippen LogP contribution in [-0.4, -0.2) is 111 Å². The lowest BCUT2D eigenvalue weighted by Crippen LogP contribution is -2.61. The van der Waals surface area contributed by atoms with E-state index in [1.54, 1.807) is 18.6 Å². The van der Waals surface area contributed by atoms with Gasteiger partial charge in [-0.1, -0.05) is 6.85 Å². The Hall–Kier alpha value is -3.05. The molecular weight excluding hydrogens is 639 g/mol. The molecule has 47 heavy (non-hydrogen) atoms. The fourth-order valence-electron chi connectivity index (χ4n) is 6.41. The van der Waals surface area contributed by atoms with Crippen molar-refractivity contribution in [2.45, 2.75) is 71.0 Å². The molecule has 0 radical (unpaired) electrons. The van der Waals surface area contributed by atoms with Gasteiger partial charge < -0.3 is 24.2 Å². The molecule has 3 aliphatic rings. The lowest BCUT2D eigenvalue weighted by Gasteiger charge is -2.54. The minimum absolute atomic E-state index is 0.00696. The third-order valence-electron chi connectivity index (χ3n) is 8.88. The van der Waals surface area contributed by atoms with Crippen LogP contribution in [-0.2, 0) is 14.9 Å². The van der Waals surface area contributed by atoms with Crippen LogP contribution in [0.4, 0.5) is 19.0 Å². The van der Waals surface area contributed by atoms with Crippen molar-refractivity contribution in [1.82, 2.24) is 29.2 Å². The maximum Gasteiger partial charge on any atom is 0.277 e. The second-order valence-corrected chi connectivity index (χ2v) is 14.1. The Morgan fingerprint density at radius 2 is 2.02 bits per heavy atom. The van der Waals surface area contributed by atoms with Gasteiger partial charge in [0.05, 0.1) is 31.0 Å². The third-order valence-corrected chi connectivity index (χ3v) is 9.89. The quantitative estimate of drug-likeness (QED) is 0.325. The number of halogens is 3. The Morgan fingerprint density at radius 1 is 1.26 bits per heavy atom. The lowest BCUT2D eigenvalue weighted by molar-refractivity contribution is -0.0299. The molecule has 1 spiro atoms. The molecule has 4 heterocycles. The molecule has 3 aliphatic heterocycles. The van der Waals surface area contributed by atoms with E-state index in [0.29, 0.717) is 38.3 Å². The maximum atomic E-state index is 14.3. The lowest BCUT2D eigenvalue weighted by atomic mass is 9.72. The van der Waals surface area contributed by atoms with Crippen molar-refractivity contribution in [3.05, 3.63) is 42.1 Å². The van der Waals surface area contributed by atoms with Crippen LogP contribution in [0, 0.1) is 11.2 Å². The van der Waals surface area contributed by atoms with Crippen molar-refractivity contribution in [1.29, 1.82) is 0 Å². The number of nitrogens with one attached hydrogen (secondary N) is 2. The molecule has 0 unspecified atom stereocenters. The number of rotatable bonds is 13. The molecule has 0 bridgehead atoms. The predicted octanol–water partition coefficient (Wildman–Crippen LogP) is 3.42. The molecule has 1 aromatic heterocycles. The first-order chi connectivity index (χ1) is 24.3. The zero-order chi connectivity index (χ0) is 38.1. The number of anilines is 1. The van der Waals surface area contributed by atoms with Crippen molar-refractivity contribution < 1.29 is 42.7 Å². The molecule has 2 aromatic rings. The first-order valence-electron chi connectivity index (χ1n) is 18.0. The average Bonchev–Trinajstić information content (AvgIpc) is 3.03. The van der Waals surface area contributed by atoms with Gasteiger partial charge in [0.1, 0.15) is 17.9 Å². The highest BCUT2D eigenvalue weighted by molar-refractivity contribution is 7.87. The summed E-state index contributed by atoms with van der Waals surface area (Å²) in [6, 6.07) is 2.18. The number of amides is 1. The summed E-state index contributed by atoms with van der Waals surface area (Å²) in [6.07, 6.45) is 2.74. The monoisotopic (exact) mass is 688 g/mol. The molecule has 1 aromatic carbocycles. The number of aromatic nitrogens is 2. The van der Waals surface area contributed by atoms with E-state index in [9.17, 15) is 26.4 Å². The van der Waals surface area contributed by atoms with E-state index >= 15 is 0 Å². The number of hydrogen-bond donors (Lipinski definition) is 2. The molecule has 3 fully saturated rings. The highest BCUT2D eigenvalue weighted by Gasteiger charge is 2.46. The van der Waals surface area contributed by atoms with Gasteiger partial charge in [0, 0.05) is 50.5 Å². The largest absolute Gasteiger partial charge is 0.451 e. The van der Waals surface area contributed by atoms with E-state index in [1.807, 2.05) is 4.90 Å². The van der Waals surface area contributed by atoms with Crippen molar-refractivity contribution in [2.24, 2.45) is 5.41 Å². The van der Waals surface area contributed by atoms with Gasteiger partial charge in [-0.15, -0.1) is 0 Å². The molecule has 1 amide bonds. The Bertz CT molecular complexity index is 1670. The predicted molar refractivity (Wildman–Crippen MR) is 169 cm³/mol. The number of likely N-dealkylation sites (tertiary alicyclic amines) is 1. The molecule has 0 saturated carbocycles. The topological polar surface area (TPSA) is 129 Å². The van der Waals surface area contributed by atoms with Gasteiger partial charge in [-0.2, -0.15) is 13.1 Å². The smallest absolute Gasteiger partial charge is 0.277 e. The molecule has 5 rings (SSSR count). The normalized spacial score (nSPS) is 23.8. The standard InChI is InChI=1S/C31H44F3N7O5S/c1-4-37-47(43,44)38-23-6-7-24(45-17-23)15-39-11-9-31(10-12-39)18-40(19-31)29-27(14-35-20-36-29)46-26-8-5-22(32)13-25(26)30(42)41(21(2)3)16-28(33)34/h5,8,13-14,20-21,23-24,28,37-38H,4,6-7,9-12,15-19H2,1-3H3/t23-,24+/m1/s1/i1D3,4D2. The second-order valence-electron chi connectivity index (χ2n) is 12.6. The van der Waals surface area contributed by atoms with Crippen LogP contribution in [0.5, 0.6) is 11.5 Å². The number of carbonyl (C=O) groups excluding carboxylic acids is 1. The van der Waals surface area contributed by atoms with E-state index in [2.05, 4.69) is 19.6 Å². The summed E-state index contributed by atoms with van der Waals surface area (Å²) in [6.45, 7) is -0.180. The van der Waals surface area contributed by atoms with Gasteiger partial charge in [0.15, 0.2) is 11.6 Å². The van der Waals surface area contributed by atoms with Crippen LogP contribution in [0.25, 0.3) is 0 Å². The molecule has 12 nitrogen and oxygen atoms in total. The van der Waals surface area contributed by atoms with Gasteiger partial charge in [-0.25, -0.2) is 27.9 Å². The summed E-state index contributed by atoms with van der Waals surface area (Å²) < 4.78 is 118. The Balaban J connectivity index is 1.12. The first kappa shape index (κ1) is 28.9. The van der Waals surface area contributed by atoms with Crippen molar-refractivity contribution in [2.75, 3.05) is 57.3 Å². The van der Waals surface area contributed by atoms with Gasteiger partial charge in [0.25, 0.3) is 22.5 Å². The average molecular weight is 689 g/mol. The number of carbonyl (C=O) groups is 1. The zero-order valence-corrected chi connectivity index (χ0v) is 27.1. The second kappa shape index (κ2) is 15.0. The number of piperidine rings is 1. The number of hydrogen-bond acceptors (Lipinski definition) is 9. The summed E-state index contributed by atoms with van der Waals surface area (Å²) >= 11 is 0. The van der Waals surface area contributed by atoms with E-state index < -0.39 is 60.3 Å². The summed E-state index contributed by atoms with van der Waals surface area (Å²) in [5.41, 5.74) is -0.158. The summed E-state index contributed by atoms with van der Waals surface area (Å²) in [5, 5.41) is 0. The van der Waals surface area contributed by atoms with Crippen LogP contribution >= 0.6 is 0 Å². The summed E-state index contributed by atoms with van der Waals surface area (Å²) in [4.78, 5) is 27.1. The minimum atomic E-state index is -4.43. The molecule has 2 N–H and O–H groups in total. The number of nitrogens with zero attached hydrogens (tertiary/aromatic N) is 5. The summed E-state index contributed by atoms with van der Waals surface area (Å²) in [5.74, 6) is -0.778. The SMILES string of the molecule is [2H]C([2H])([2H])C([2H])([2H])NS(=O)(=O)N[C@@H]1CC[C@@H](CN2CCC3(CC2)CN(c2ncncc2Oc2ccc(F)cc2C(=O)N(CC(F)F)C(C)C)C3)OC1. The number of ether oxygens (including phenoxy) is 2.